The van der Waals surface area contributed by atoms with E-state index in [1.807, 2.05) is 24.4 Å². The van der Waals surface area contributed by atoms with Gasteiger partial charge in [-0.2, -0.15) is 0 Å². The third-order valence-electron chi connectivity index (χ3n) is 2.97. The SMILES string of the molecule is COC(=O)/C=C/CCNC(=O)Cc1sc(C)nc1-c1cccs1. The van der Waals surface area contributed by atoms with Gasteiger partial charge >= 0.3 is 5.97 Å². The van der Waals surface area contributed by atoms with Crippen molar-refractivity contribution in [2.24, 2.45) is 0 Å². The smallest absolute Gasteiger partial charge is 0.330 e. The van der Waals surface area contributed by atoms with Gasteiger partial charge in [-0.05, 0) is 24.8 Å². The first-order valence-corrected chi connectivity index (χ1v) is 8.81. The van der Waals surface area contributed by atoms with Crippen LogP contribution in [0.15, 0.2) is 29.7 Å². The zero-order valence-electron chi connectivity index (χ0n) is 13.0. The fourth-order valence-electron chi connectivity index (χ4n) is 1.95. The van der Waals surface area contributed by atoms with Crippen LogP contribution >= 0.6 is 22.7 Å². The van der Waals surface area contributed by atoms with Crippen molar-refractivity contribution >= 4 is 34.6 Å². The molecule has 2 aromatic rings. The fourth-order valence-corrected chi connectivity index (χ4v) is 3.70. The summed E-state index contributed by atoms with van der Waals surface area (Å²) in [6.45, 7) is 2.43. The number of methoxy groups -OCH3 is 1. The predicted molar refractivity (Wildman–Crippen MR) is 92.7 cm³/mol. The van der Waals surface area contributed by atoms with Crippen LogP contribution in [-0.2, 0) is 20.7 Å². The molecule has 0 fully saturated rings. The second-order valence-electron chi connectivity index (χ2n) is 4.72. The Labute approximate surface area is 143 Å². The van der Waals surface area contributed by atoms with Gasteiger partial charge in [-0.1, -0.05) is 12.1 Å². The molecule has 0 spiro atoms. The highest BCUT2D eigenvalue weighted by atomic mass is 32.1. The topological polar surface area (TPSA) is 68.3 Å². The van der Waals surface area contributed by atoms with E-state index < -0.39 is 5.97 Å². The Balaban J connectivity index is 1.86. The number of aryl methyl sites for hydroxylation is 1. The summed E-state index contributed by atoms with van der Waals surface area (Å²) in [4.78, 5) is 29.5. The molecule has 0 bridgehead atoms. The second kappa shape index (κ2) is 8.59. The lowest BCUT2D eigenvalue weighted by atomic mass is 10.2. The quantitative estimate of drug-likeness (QED) is 0.473. The Morgan fingerprint density at radius 3 is 2.96 bits per heavy atom. The molecule has 0 aliphatic rings. The highest BCUT2D eigenvalue weighted by molar-refractivity contribution is 7.15. The molecular weight excluding hydrogens is 332 g/mol. The minimum Gasteiger partial charge on any atom is -0.466 e. The maximum atomic E-state index is 12.1. The largest absolute Gasteiger partial charge is 0.466 e. The summed E-state index contributed by atoms with van der Waals surface area (Å²) < 4.78 is 4.49. The normalized spacial score (nSPS) is 10.9. The molecule has 23 heavy (non-hydrogen) atoms. The lowest BCUT2D eigenvalue weighted by Crippen LogP contribution is -2.25. The van der Waals surface area contributed by atoms with Crippen molar-refractivity contribution in [3.8, 4) is 10.6 Å². The number of aromatic nitrogens is 1. The average molecular weight is 350 g/mol. The van der Waals surface area contributed by atoms with Crippen LogP contribution in [0.5, 0.6) is 0 Å². The third kappa shape index (κ3) is 5.30. The van der Waals surface area contributed by atoms with E-state index in [4.69, 9.17) is 0 Å². The summed E-state index contributed by atoms with van der Waals surface area (Å²) in [7, 11) is 1.33. The minimum atomic E-state index is -0.392. The van der Waals surface area contributed by atoms with Gasteiger partial charge in [-0.25, -0.2) is 9.78 Å². The highest BCUT2D eigenvalue weighted by Gasteiger charge is 2.15. The summed E-state index contributed by atoms with van der Waals surface area (Å²) in [6, 6.07) is 3.99. The number of nitrogens with zero attached hydrogens (tertiary/aromatic N) is 1. The van der Waals surface area contributed by atoms with Crippen LogP contribution in [0.2, 0.25) is 0 Å². The molecule has 2 rings (SSSR count). The fraction of sp³-hybridized carbons (Fsp3) is 0.312. The number of thiazole rings is 1. The van der Waals surface area contributed by atoms with Gasteiger partial charge in [0, 0.05) is 17.5 Å². The summed E-state index contributed by atoms with van der Waals surface area (Å²) in [5, 5.41) is 5.80. The summed E-state index contributed by atoms with van der Waals surface area (Å²) in [6.07, 6.45) is 3.94. The maximum Gasteiger partial charge on any atom is 0.330 e. The van der Waals surface area contributed by atoms with Crippen LogP contribution in [-0.4, -0.2) is 30.5 Å². The van der Waals surface area contributed by atoms with E-state index in [1.54, 1.807) is 28.7 Å². The van der Waals surface area contributed by atoms with Crippen LogP contribution in [0, 0.1) is 6.92 Å². The molecule has 0 saturated heterocycles. The van der Waals surface area contributed by atoms with Gasteiger partial charge in [0.2, 0.25) is 5.91 Å². The molecule has 0 aliphatic carbocycles. The Morgan fingerprint density at radius 1 is 1.43 bits per heavy atom. The molecule has 0 radical (unpaired) electrons. The Kier molecular flexibility index (Phi) is 6.49. The zero-order chi connectivity index (χ0) is 16.7. The van der Waals surface area contributed by atoms with Crippen molar-refractivity contribution in [1.29, 1.82) is 0 Å². The minimum absolute atomic E-state index is 0.0436. The molecule has 5 nitrogen and oxygen atoms in total. The van der Waals surface area contributed by atoms with E-state index in [0.29, 0.717) is 19.4 Å². The molecule has 122 valence electrons. The first-order valence-electron chi connectivity index (χ1n) is 7.11. The summed E-state index contributed by atoms with van der Waals surface area (Å²) in [5.74, 6) is -0.435. The van der Waals surface area contributed by atoms with Gasteiger partial charge in [0.05, 0.1) is 29.1 Å². The molecular formula is C16H18N2O3S2. The molecule has 1 amide bonds. The third-order valence-corrected chi connectivity index (χ3v) is 4.82. The van der Waals surface area contributed by atoms with Gasteiger partial charge in [-0.3, -0.25) is 4.79 Å². The summed E-state index contributed by atoms with van der Waals surface area (Å²) in [5.41, 5.74) is 0.906. The Morgan fingerprint density at radius 2 is 2.26 bits per heavy atom. The monoisotopic (exact) mass is 350 g/mol. The van der Waals surface area contributed by atoms with Crippen molar-refractivity contribution in [1.82, 2.24) is 10.3 Å². The zero-order valence-corrected chi connectivity index (χ0v) is 14.6. The molecule has 2 aromatic heterocycles. The molecule has 0 unspecified atom stereocenters. The lowest BCUT2D eigenvalue weighted by molar-refractivity contribution is -0.134. The number of esters is 1. The van der Waals surface area contributed by atoms with Crippen molar-refractivity contribution < 1.29 is 14.3 Å². The number of ether oxygens (including phenoxy) is 1. The van der Waals surface area contributed by atoms with Crippen LogP contribution in [0.1, 0.15) is 16.3 Å². The van der Waals surface area contributed by atoms with E-state index in [2.05, 4.69) is 15.0 Å². The standard InChI is InChI=1S/C16H18N2O3S2/c1-11-18-16(12-6-5-9-22-12)13(23-11)10-14(19)17-8-4-3-7-15(20)21-2/h3,5-7,9H,4,8,10H2,1-2H3,(H,17,19)/b7-3+. The van der Waals surface area contributed by atoms with Crippen molar-refractivity contribution in [3.05, 3.63) is 39.5 Å². The molecule has 0 aromatic carbocycles. The van der Waals surface area contributed by atoms with Crippen LogP contribution < -0.4 is 5.32 Å². The molecule has 1 N–H and O–H groups in total. The lowest BCUT2D eigenvalue weighted by Gasteiger charge is -2.03. The maximum absolute atomic E-state index is 12.1. The van der Waals surface area contributed by atoms with Crippen molar-refractivity contribution in [3.63, 3.8) is 0 Å². The predicted octanol–water partition coefficient (Wildman–Crippen LogP) is 2.96. The van der Waals surface area contributed by atoms with Crippen LogP contribution in [0.3, 0.4) is 0 Å². The molecule has 0 aliphatic heterocycles. The van der Waals surface area contributed by atoms with Gasteiger partial charge in [-0.15, -0.1) is 22.7 Å². The summed E-state index contributed by atoms with van der Waals surface area (Å²) >= 11 is 3.17. The molecule has 2 heterocycles. The van der Waals surface area contributed by atoms with Gasteiger partial charge in [0.15, 0.2) is 0 Å². The van der Waals surface area contributed by atoms with Crippen molar-refractivity contribution in [2.75, 3.05) is 13.7 Å². The number of carbonyl (C=O) groups is 2. The van der Waals surface area contributed by atoms with Gasteiger partial charge in [0.25, 0.3) is 0 Å². The number of hydrogen-bond donors (Lipinski definition) is 1. The molecule has 0 saturated carbocycles. The first kappa shape index (κ1) is 17.4. The van der Waals surface area contributed by atoms with E-state index in [9.17, 15) is 9.59 Å². The Hall–Kier alpha value is -1.99. The van der Waals surface area contributed by atoms with E-state index >= 15 is 0 Å². The number of nitrogens with one attached hydrogen (secondary N) is 1. The van der Waals surface area contributed by atoms with Gasteiger partial charge in [0.1, 0.15) is 0 Å². The number of amides is 1. The molecule has 0 atom stereocenters. The number of thiophene rings is 1. The van der Waals surface area contributed by atoms with Crippen LogP contribution in [0.4, 0.5) is 0 Å². The molecule has 7 heteroatoms. The number of carbonyl (C=O) groups excluding carboxylic acids is 2. The first-order chi connectivity index (χ1) is 11.1. The number of hydrogen-bond acceptors (Lipinski definition) is 6. The number of rotatable bonds is 7. The van der Waals surface area contributed by atoms with Gasteiger partial charge < -0.3 is 10.1 Å². The van der Waals surface area contributed by atoms with E-state index in [0.717, 1.165) is 20.5 Å². The van der Waals surface area contributed by atoms with Crippen molar-refractivity contribution in [2.45, 2.75) is 19.8 Å². The second-order valence-corrected chi connectivity index (χ2v) is 6.96. The average Bonchev–Trinajstić information content (AvgIpc) is 3.16. The van der Waals surface area contributed by atoms with Crippen LogP contribution in [0.25, 0.3) is 10.6 Å². The Bertz CT molecular complexity index is 690. The van der Waals surface area contributed by atoms with E-state index in [1.165, 1.54) is 13.2 Å². The van der Waals surface area contributed by atoms with E-state index in [-0.39, 0.29) is 5.91 Å². The highest BCUT2D eigenvalue weighted by Crippen LogP contribution is 2.31.